The van der Waals surface area contributed by atoms with Crippen LogP contribution in [0.4, 0.5) is 10.5 Å². The van der Waals surface area contributed by atoms with E-state index in [4.69, 9.17) is 16.3 Å². The maximum Gasteiger partial charge on any atom is 0.322 e. The number of amides is 2. The highest BCUT2D eigenvalue weighted by atomic mass is 35.5. The summed E-state index contributed by atoms with van der Waals surface area (Å²) in [5.74, 6) is 0. The fourth-order valence-electron chi connectivity index (χ4n) is 3.10. The molecule has 1 atom stereocenters. The van der Waals surface area contributed by atoms with Crippen LogP contribution in [0.2, 0.25) is 5.02 Å². The van der Waals surface area contributed by atoms with Crippen molar-refractivity contribution in [2.45, 2.75) is 31.9 Å². The molecule has 2 aromatic rings. The fraction of sp³-hybridized carbons (Fsp3) is 0.412. The first-order valence-electron chi connectivity index (χ1n) is 8.03. The molecule has 1 aromatic heterocycles. The summed E-state index contributed by atoms with van der Waals surface area (Å²) in [5.41, 5.74) is 2.55. The van der Waals surface area contributed by atoms with Crippen LogP contribution >= 0.6 is 11.6 Å². The number of aromatic nitrogens is 2. The number of likely N-dealkylation sites (tertiary alicyclic amines) is 1. The number of H-pyrrole nitrogens is 1. The van der Waals surface area contributed by atoms with E-state index in [1.54, 1.807) is 19.4 Å². The van der Waals surface area contributed by atoms with Crippen LogP contribution in [0, 0.1) is 0 Å². The standard InChI is InChI=1S/C17H21ClN4O2/c1-24-11-12-10-13(18)5-6-14(12)20-17(23)22-9-3-2-4-16(22)15-7-8-19-21-15/h5-8,10,16H,2-4,9,11H2,1H3,(H,19,21)(H,20,23)/t16-/m1/s1. The zero-order valence-electron chi connectivity index (χ0n) is 13.6. The summed E-state index contributed by atoms with van der Waals surface area (Å²) in [4.78, 5) is 14.7. The molecule has 0 saturated carbocycles. The van der Waals surface area contributed by atoms with Crippen LogP contribution in [0.5, 0.6) is 0 Å². The number of nitrogens with zero attached hydrogens (tertiary/aromatic N) is 2. The number of ether oxygens (including phenoxy) is 1. The Kier molecular flexibility index (Phi) is 5.37. The molecule has 0 unspecified atom stereocenters. The molecule has 1 aliphatic rings. The number of carbonyl (C=O) groups is 1. The Hall–Kier alpha value is -2.05. The fourth-order valence-corrected chi connectivity index (χ4v) is 3.29. The Labute approximate surface area is 146 Å². The highest BCUT2D eigenvalue weighted by Gasteiger charge is 2.29. The van der Waals surface area contributed by atoms with Crippen LogP contribution < -0.4 is 5.32 Å². The largest absolute Gasteiger partial charge is 0.380 e. The minimum atomic E-state index is -0.117. The first-order chi connectivity index (χ1) is 11.7. The number of rotatable bonds is 4. The third-order valence-corrected chi connectivity index (χ3v) is 4.49. The van der Waals surface area contributed by atoms with Gasteiger partial charge in [-0.1, -0.05) is 11.6 Å². The molecule has 1 aromatic carbocycles. The van der Waals surface area contributed by atoms with E-state index in [1.165, 1.54) is 0 Å². The molecule has 1 aliphatic heterocycles. The summed E-state index contributed by atoms with van der Waals surface area (Å²) in [7, 11) is 1.62. The van der Waals surface area contributed by atoms with E-state index >= 15 is 0 Å². The lowest BCUT2D eigenvalue weighted by Gasteiger charge is -2.35. The summed E-state index contributed by atoms with van der Waals surface area (Å²) in [5, 5.41) is 10.6. The number of anilines is 1. The minimum Gasteiger partial charge on any atom is -0.380 e. The summed E-state index contributed by atoms with van der Waals surface area (Å²) >= 11 is 6.04. The second kappa shape index (κ2) is 7.68. The normalized spacial score (nSPS) is 17.8. The number of hydrogen-bond acceptors (Lipinski definition) is 3. The van der Waals surface area contributed by atoms with Crippen molar-refractivity contribution in [1.82, 2.24) is 15.1 Å². The summed E-state index contributed by atoms with van der Waals surface area (Å²) < 4.78 is 5.19. The number of nitrogens with one attached hydrogen (secondary N) is 2. The summed E-state index contributed by atoms with van der Waals surface area (Å²) in [6.45, 7) is 1.11. The first-order valence-corrected chi connectivity index (χ1v) is 8.41. The Morgan fingerprint density at radius 2 is 2.33 bits per heavy atom. The van der Waals surface area contributed by atoms with E-state index < -0.39 is 0 Å². The number of hydrogen-bond donors (Lipinski definition) is 2. The van der Waals surface area contributed by atoms with Gasteiger partial charge in [-0.25, -0.2) is 4.79 Å². The Morgan fingerprint density at radius 3 is 3.08 bits per heavy atom. The van der Waals surface area contributed by atoms with Gasteiger partial charge in [0.2, 0.25) is 0 Å². The molecule has 0 radical (unpaired) electrons. The molecule has 24 heavy (non-hydrogen) atoms. The average Bonchev–Trinajstić information content (AvgIpc) is 3.12. The third kappa shape index (κ3) is 3.71. The number of urea groups is 1. The summed E-state index contributed by atoms with van der Waals surface area (Å²) in [6.07, 6.45) is 4.75. The molecule has 0 spiro atoms. The van der Waals surface area contributed by atoms with E-state index in [2.05, 4.69) is 15.5 Å². The van der Waals surface area contributed by atoms with E-state index in [9.17, 15) is 4.79 Å². The van der Waals surface area contributed by atoms with Crippen molar-refractivity contribution in [3.8, 4) is 0 Å². The number of carbonyl (C=O) groups excluding carboxylic acids is 1. The highest BCUT2D eigenvalue weighted by molar-refractivity contribution is 6.30. The molecule has 128 valence electrons. The number of aromatic amines is 1. The third-order valence-electron chi connectivity index (χ3n) is 4.25. The van der Waals surface area contributed by atoms with Gasteiger partial charge < -0.3 is 15.0 Å². The van der Waals surface area contributed by atoms with Crippen molar-refractivity contribution < 1.29 is 9.53 Å². The summed E-state index contributed by atoms with van der Waals surface area (Å²) in [6, 6.07) is 7.22. The van der Waals surface area contributed by atoms with Crippen LogP contribution in [0.1, 0.15) is 36.6 Å². The van der Waals surface area contributed by atoms with Crippen molar-refractivity contribution in [2.75, 3.05) is 19.0 Å². The van der Waals surface area contributed by atoms with Crippen molar-refractivity contribution in [2.24, 2.45) is 0 Å². The molecule has 0 bridgehead atoms. The molecule has 2 amide bonds. The molecular weight excluding hydrogens is 328 g/mol. The predicted molar refractivity (Wildman–Crippen MR) is 93.1 cm³/mol. The van der Waals surface area contributed by atoms with Gasteiger partial charge in [0.15, 0.2) is 0 Å². The number of halogens is 1. The smallest absolute Gasteiger partial charge is 0.322 e. The van der Waals surface area contributed by atoms with Crippen LogP contribution in [-0.2, 0) is 11.3 Å². The van der Waals surface area contributed by atoms with E-state index in [-0.39, 0.29) is 12.1 Å². The van der Waals surface area contributed by atoms with Crippen molar-refractivity contribution >= 4 is 23.3 Å². The molecule has 1 saturated heterocycles. The van der Waals surface area contributed by atoms with Gasteiger partial charge in [0, 0.05) is 36.1 Å². The monoisotopic (exact) mass is 348 g/mol. The topological polar surface area (TPSA) is 70.2 Å². The quantitative estimate of drug-likeness (QED) is 0.878. The van der Waals surface area contributed by atoms with Crippen LogP contribution in [0.25, 0.3) is 0 Å². The molecular formula is C17H21ClN4O2. The number of methoxy groups -OCH3 is 1. The van der Waals surface area contributed by atoms with Crippen LogP contribution in [0.15, 0.2) is 30.5 Å². The van der Waals surface area contributed by atoms with Gasteiger partial charge in [-0.2, -0.15) is 5.10 Å². The molecule has 2 heterocycles. The number of piperidine rings is 1. The van der Waals surface area contributed by atoms with Gasteiger partial charge in [-0.05, 0) is 43.5 Å². The van der Waals surface area contributed by atoms with Crippen LogP contribution in [-0.4, -0.2) is 34.8 Å². The minimum absolute atomic E-state index is 0.0272. The highest BCUT2D eigenvalue weighted by Crippen LogP contribution is 2.30. The van der Waals surface area contributed by atoms with E-state index in [1.807, 2.05) is 23.1 Å². The zero-order chi connectivity index (χ0) is 16.9. The van der Waals surface area contributed by atoms with Crippen molar-refractivity contribution in [3.63, 3.8) is 0 Å². The molecule has 1 fully saturated rings. The van der Waals surface area contributed by atoms with Gasteiger partial charge in [0.1, 0.15) is 0 Å². The molecule has 3 rings (SSSR count). The van der Waals surface area contributed by atoms with Crippen molar-refractivity contribution in [3.05, 3.63) is 46.7 Å². The Morgan fingerprint density at radius 1 is 1.46 bits per heavy atom. The van der Waals surface area contributed by atoms with Gasteiger partial charge in [-0.3, -0.25) is 5.10 Å². The number of benzene rings is 1. The van der Waals surface area contributed by atoms with Gasteiger partial charge in [0.25, 0.3) is 0 Å². The first kappa shape index (κ1) is 16.8. The predicted octanol–water partition coefficient (Wildman–Crippen LogP) is 3.97. The van der Waals surface area contributed by atoms with Gasteiger partial charge in [-0.15, -0.1) is 0 Å². The van der Waals surface area contributed by atoms with Crippen molar-refractivity contribution in [1.29, 1.82) is 0 Å². The second-order valence-electron chi connectivity index (χ2n) is 5.88. The van der Waals surface area contributed by atoms with E-state index in [0.29, 0.717) is 11.6 Å². The molecule has 6 nitrogen and oxygen atoms in total. The average molecular weight is 349 g/mol. The second-order valence-corrected chi connectivity index (χ2v) is 6.32. The van der Waals surface area contributed by atoms with E-state index in [0.717, 1.165) is 42.8 Å². The molecule has 2 N–H and O–H groups in total. The van der Waals surface area contributed by atoms with Gasteiger partial charge >= 0.3 is 6.03 Å². The van der Waals surface area contributed by atoms with Gasteiger partial charge in [0.05, 0.1) is 18.3 Å². The Balaban J connectivity index is 1.78. The lowest BCUT2D eigenvalue weighted by Crippen LogP contribution is -2.41. The molecule has 7 heteroatoms. The maximum absolute atomic E-state index is 12.8. The SMILES string of the molecule is COCc1cc(Cl)ccc1NC(=O)N1CCCC[C@@H]1c1ccn[nH]1. The maximum atomic E-state index is 12.8. The van der Waals surface area contributed by atoms with Crippen LogP contribution in [0.3, 0.4) is 0 Å². The lowest BCUT2D eigenvalue weighted by molar-refractivity contribution is 0.161. The zero-order valence-corrected chi connectivity index (χ0v) is 14.3. The Bertz CT molecular complexity index is 690. The lowest BCUT2D eigenvalue weighted by atomic mass is 10.00. The molecule has 0 aliphatic carbocycles.